The Morgan fingerprint density at radius 3 is 2.44 bits per heavy atom. The largest absolute Gasteiger partial charge is 0.421 e. The first-order chi connectivity index (χ1) is 12.8. The minimum absolute atomic E-state index is 0.242. The van der Waals surface area contributed by atoms with Crippen LogP contribution >= 0.6 is 0 Å². The van der Waals surface area contributed by atoms with Gasteiger partial charge in [-0.3, -0.25) is 9.59 Å². The number of hydrogen-bond donors (Lipinski definition) is 0. The second-order valence-electron chi connectivity index (χ2n) is 5.98. The molecule has 0 saturated carbocycles. The maximum absolute atomic E-state index is 12.9. The SMILES string of the molecule is CCCN(Cc1ccc(C#N)cc1)C(=O)Cn1cccc(C(F)(F)F)c1=O. The third-order valence-electron chi connectivity index (χ3n) is 3.93. The van der Waals surface area contributed by atoms with E-state index in [1.54, 1.807) is 24.3 Å². The minimum atomic E-state index is -4.77. The van der Waals surface area contributed by atoms with Gasteiger partial charge in [-0.05, 0) is 36.2 Å². The van der Waals surface area contributed by atoms with E-state index in [4.69, 9.17) is 5.26 Å². The molecule has 0 aliphatic carbocycles. The average Bonchev–Trinajstić information content (AvgIpc) is 2.62. The van der Waals surface area contributed by atoms with Crippen LogP contribution in [0.3, 0.4) is 0 Å². The molecule has 0 saturated heterocycles. The number of hydrogen-bond acceptors (Lipinski definition) is 3. The summed E-state index contributed by atoms with van der Waals surface area (Å²) in [6, 6.07) is 10.5. The highest BCUT2D eigenvalue weighted by Crippen LogP contribution is 2.26. The average molecular weight is 377 g/mol. The number of carbonyl (C=O) groups excluding carboxylic acids is 1. The summed E-state index contributed by atoms with van der Waals surface area (Å²) >= 11 is 0. The number of alkyl halides is 3. The van der Waals surface area contributed by atoms with E-state index in [2.05, 4.69) is 0 Å². The number of pyridine rings is 1. The Balaban J connectivity index is 2.20. The molecular formula is C19H18F3N3O2. The summed E-state index contributed by atoms with van der Waals surface area (Å²) < 4.78 is 39.4. The van der Waals surface area contributed by atoms with Gasteiger partial charge in [0.1, 0.15) is 12.1 Å². The first-order valence-corrected chi connectivity index (χ1v) is 8.29. The van der Waals surface area contributed by atoms with Crippen molar-refractivity contribution in [2.24, 2.45) is 0 Å². The molecule has 142 valence electrons. The fraction of sp³-hybridized carbons (Fsp3) is 0.316. The number of benzene rings is 1. The lowest BCUT2D eigenvalue weighted by molar-refractivity contribution is -0.139. The van der Waals surface area contributed by atoms with Crippen molar-refractivity contribution in [1.82, 2.24) is 9.47 Å². The lowest BCUT2D eigenvalue weighted by atomic mass is 10.1. The molecule has 1 aromatic heterocycles. The number of nitriles is 1. The fourth-order valence-electron chi connectivity index (χ4n) is 2.59. The van der Waals surface area contributed by atoms with Crippen LogP contribution in [0.1, 0.15) is 30.0 Å². The van der Waals surface area contributed by atoms with E-state index in [0.717, 1.165) is 16.2 Å². The summed E-state index contributed by atoms with van der Waals surface area (Å²) in [4.78, 5) is 26.1. The summed E-state index contributed by atoms with van der Waals surface area (Å²) in [5.41, 5.74) is -1.27. The van der Waals surface area contributed by atoms with Gasteiger partial charge in [-0.25, -0.2) is 0 Å². The second-order valence-corrected chi connectivity index (χ2v) is 5.98. The van der Waals surface area contributed by atoms with Crippen LogP contribution in [0.2, 0.25) is 0 Å². The van der Waals surface area contributed by atoms with E-state index in [9.17, 15) is 22.8 Å². The zero-order valence-electron chi connectivity index (χ0n) is 14.7. The third-order valence-corrected chi connectivity index (χ3v) is 3.93. The Hall–Kier alpha value is -3.08. The Labute approximate surface area is 154 Å². The number of nitrogens with zero attached hydrogens (tertiary/aromatic N) is 3. The van der Waals surface area contributed by atoms with Crippen molar-refractivity contribution in [3.8, 4) is 6.07 Å². The molecule has 27 heavy (non-hydrogen) atoms. The fourth-order valence-corrected chi connectivity index (χ4v) is 2.59. The van der Waals surface area contributed by atoms with Crippen LogP contribution in [0.15, 0.2) is 47.4 Å². The molecule has 8 heteroatoms. The third kappa shape index (κ3) is 5.20. The summed E-state index contributed by atoms with van der Waals surface area (Å²) in [5.74, 6) is -0.456. The zero-order chi connectivity index (χ0) is 20.0. The Morgan fingerprint density at radius 2 is 1.89 bits per heavy atom. The molecular weight excluding hydrogens is 359 g/mol. The number of aromatic nitrogens is 1. The van der Waals surface area contributed by atoms with Gasteiger partial charge >= 0.3 is 6.18 Å². The Kier molecular flexibility index (Phi) is 6.40. The number of carbonyl (C=O) groups is 1. The Bertz CT molecular complexity index is 896. The van der Waals surface area contributed by atoms with Crippen LogP contribution in [0.4, 0.5) is 13.2 Å². The second kappa shape index (κ2) is 8.54. The predicted octanol–water partition coefficient (Wildman–Crippen LogP) is 3.18. The molecule has 0 unspecified atom stereocenters. The van der Waals surface area contributed by atoms with Gasteiger partial charge in [-0.15, -0.1) is 0 Å². The van der Waals surface area contributed by atoms with Gasteiger partial charge < -0.3 is 9.47 Å². The van der Waals surface area contributed by atoms with Crippen LogP contribution < -0.4 is 5.56 Å². The number of halogens is 3. The lowest BCUT2D eigenvalue weighted by Crippen LogP contribution is -2.38. The molecule has 2 aromatic rings. The summed E-state index contributed by atoms with van der Waals surface area (Å²) in [6.07, 6.45) is -2.95. The van der Waals surface area contributed by atoms with Gasteiger partial charge in [0, 0.05) is 19.3 Å². The Morgan fingerprint density at radius 1 is 1.22 bits per heavy atom. The van der Waals surface area contributed by atoms with Gasteiger partial charge in [0.25, 0.3) is 5.56 Å². The van der Waals surface area contributed by atoms with Crippen molar-refractivity contribution in [3.63, 3.8) is 0 Å². The molecule has 0 spiro atoms. The molecule has 0 radical (unpaired) electrons. The highest BCUT2D eigenvalue weighted by atomic mass is 19.4. The van der Waals surface area contributed by atoms with Crippen molar-refractivity contribution in [3.05, 3.63) is 69.6 Å². The molecule has 0 N–H and O–H groups in total. The van der Waals surface area contributed by atoms with E-state index in [0.29, 0.717) is 24.6 Å². The van der Waals surface area contributed by atoms with Crippen LogP contribution in [0.25, 0.3) is 0 Å². The zero-order valence-corrected chi connectivity index (χ0v) is 14.7. The molecule has 0 bridgehead atoms. The molecule has 0 aliphatic rings. The predicted molar refractivity (Wildman–Crippen MR) is 92.6 cm³/mol. The molecule has 2 rings (SSSR count). The molecule has 1 aromatic carbocycles. The molecule has 5 nitrogen and oxygen atoms in total. The highest BCUT2D eigenvalue weighted by molar-refractivity contribution is 5.76. The molecule has 0 fully saturated rings. The van der Waals surface area contributed by atoms with Crippen LogP contribution in [-0.4, -0.2) is 21.9 Å². The van der Waals surface area contributed by atoms with Crippen molar-refractivity contribution < 1.29 is 18.0 Å². The first-order valence-electron chi connectivity index (χ1n) is 8.29. The van der Waals surface area contributed by atoms with Gasteiger partial charge in [-0.2, -0.15) is 18.4 Å². The van der Waals surface area contributed by atoms with Gasteiger partial charge in [0.05, 0.1) is 11.6 Å². The number of amides is 1. The van der Waals surface area contributed by atoms with Crippen LogP contribution in [0.5, 0.6) is 0 Å². The first kappa shape index (κ1) is 20.2. The number of rotatable bonds is 6. The van der Waals surface area contributed by atoms with E-state index < -0.39 is 29.8 Å². The highest BCUT2D eigenvalue weighted by Gasteiger charge is 2.34. The van der Waals surface area contributed by atoms with E-state index >= 15 is 0 Å². The molecule has 0 atom stereocenters. The van der Waals surface area contributed by atoms with E-state index in [1.165, 1.54) is 11.1 Å². The van der Waals surface area contributed by atoms with Crippen LogP contribution in [0, 0.1) is 11.3 Å². The maximum Gasteiger partial charge on any atom is 0.421 e. The smallest absolute Gasteiger partial charge is 0.337 e. The lowest BCUT2D eigenvalue weighted by Gasteiger charge is -2.23. The molecule has 1 heterocycles. The molecule has 1 amide bonds. The van der Waals surface area contributed by atoms with E-state index in [-0.39, 0.29) is 6.54 Å². The van der Waals surface area contributed by atoms with Gasteiger partial charge in [0.2, 0.25) is 5.91 Å². The van der Waals surface area contributed by atoms with Crippen molar-refractivity contribution in [1.29, 1.82) is 5.26 Å². The van der Waals surface area contributed by atoms with Crippen molar-refractivity contribution in [2.45, 2.75) is 32.6 Å². The monoisotopic (exact) mass is 377 g/mol. The summed E-state index contributed by atoms with van der Waals surface area (Å²) in [5, 5.41) is 8.83. The topological polar surface area (TPSA) is 66.1 Å². The minimum Gasteiger partial charge on any atom is -0.337 e. The summed E-state index contributed by atoms with van der Waals surface area (Å²) in [6.45, 7) is 2.03. The molecule has 0 aliphatic heterocycles. The van der Waals surface area contributed by atoms with Crippen LogP contribution in [-0.2, 0) is 24.1 Å². The maximum atomic E-state index is 12.9. The van der Waals surface area contributed by atoms with Gasteiger partial charge in [0.15, 0.2) is 0 Å². The normalized spacial score (nSPS) is 11.1. The summed E-state index contributed by atoms with van der Waals surface area (Å²) in [7, 11) is 0. The van der Waals surface area contributed by atoms with E-state index in [1.807, 2.05) is 13.0 Å². The quantitative estimate of drug-likeness (QED) is 0.777. The van der Waals surface area contributed by atoms with Crippen molar-refractivity contribution in [2.75, 3.05) is 6.54 Å². The standard InChI is InChI=1S/C19H18F3N3O2/c1-2-9-24(12-15-7-5-14(11-23)6-8-15)17(26)13-25-10-3-4-16(18(25)27)19(20,21)22/h3-8,10H,2,9,12-13H2,1H3. The van der Waals surface area contributed by atoms with Gasteiger partial charge in [-0.1, -0.05) is 19.1 Å². The van der Waals surface area contributed by atoms with Crippen molar-refractivity contribution >= 4 is 5.91 Å².